The molecule has 7 nitrogen and oxygen atoms in total. The third-order valence-electron chi connectivity index (χ3n) is 5.44. The van der Waals surface area contributed by atoms with Crippen molar-refractivity contribution in [1.29, 1.82) is 0 Å². The summed E-state index contributed by atoms with van der Waals surface area (Å²) in [5.41, 5.74) is 0.491. The Morgan fingerprint density at radius 2 is 1.79 bits per heavy atom. The molecule has 28 heavy (non-hydrogen) atoms. The predicted molar refractivity (Wildman–Crippen MR) is 101 cm³/mol. The van der Waals surface area contributed by atoms with E-state index in [4.69, 9.17) is 18.9 Å². The van der Waals surface area contributed by atoms with Gasteiger partial charge in [0.15, 0.2) is 0 Å². The van der Waals surface area contributed by atoms with Gasteiger partial charge in [0.05, 0.1) is 5.60 Å². The van der Waals surface area contributed by atoms with E-state index in [0.717, 1.165) is 18.4 Å². The van der Waals surface area contributed by atoms with Crippen LogP contribution in [0.3, 0.4) is 0 Å². The van der Waals surface area contributed by atoms with E-state index in [1.807, 2.05) is 26.8 Å². The molecule has 1 saturated heterocycles. The van der Waals surface area contributed by atoms with E-state index in [1.165, 1.54) is 20.8 Å². The van der Waals surface area contributed by atoms with Gasteiger partial charge in [0, 0.05) is 33.1 Å². The van der Waals surface area contributed by atoms with Crippen LogP contribution >= 0.6 is 0 Å². The Morgan fingerprint density at radius 3 is 2.32 bits per heavy atom. The summed E-state index contributed by atoms with van der Waals surface area (Å²) in [4.78, 5) is 34.9. The fourth-order valence-corrected chi connectivity index (χ4v) is 4.11. The maximum absolute atomic E-state index is 11.8. The molecule has 2 aliphatic rings. The van der Waals surface area contributed by atoms with Crippen molar-refractivity contribution < 1.29 is 33.3 Å². The molecule has 1 aliphatic carbocycles. The molecular weight excluding hydrogens is 364 g/mol. The van der Waals surface area contributed by atoms with Crippen LogP contribution in [-0.4, -0.2) is 48.4 Å². The Hall–Kier alpha value is -1.89. The SMILES string of the molecule is CC(=O)OC/C1=C/CC[C@@]2(C)O[C@H]2[C@@H](OC(C)=O)[C@@H](C(C)C)[C@H](OC(C)=O)C1. The zero-order valence-corrected chi connectivity index (χ0v) is 17.7. The van der Waals surface area contributed by atoms with Crippen LogP contribution in [0.25, 0.3) is 0 Å². The largest absolute Gasteiger partial charge is 0.462 e. The van der Waals surface area contributed by atoms with Gasteiger partial charge in [-0.3, -0.25) is 14.4 Å². The molecule has 1 heterocycles. The summed E-state index contributed by atoms with van der Waals surface area (Å²) >= 11 is 0. The maximum Gasteiger partial charge on any atom is 0.303 e. The smallest absolute Gasteiger partial charge is 0.303 e. The summed E-state index contributed by atoms with van der Waals surface area (Å²) in [6, 6.07) is 0. The van der Waals surface area contributed by atoms with Crippen molar-refractivity contribution in [2.45, 2.75) is 84.7 Å². The standard InChI is InChI=1S/C21H32O7/c1-12(2)18-17(26-14(4)23)10-16(11-25-13(3)22)8-7-9-21(6)20(28-21)19(18)27-15(5)24/h8,12,17-20H,7,9-11H2,1-6H3/b16-8+/t17-,18+,19+,20+,21-/m1/s1. The Labute approximate surface area is 166 Å². The van der Waals surface area contributed by atoms with Crippen molar-refractivity contribution >= 4 is 17.9 Å². The number of allylic oxidation sites excluding steroid dienone is 1. The molecule has 158 valence electrons. The first-order chi connectivity index (χ1) is 13.0. The summed E-state index contributed by atoms with van der Waals surface area (Å²) in [6.07, 6.45) is 2.68. The molecule has 0 radical (unpaired) electrons. The minimum absolute atomic E-state index is 0.0663. The topological polar surface area (TPSA) is 91.4 Å². The van der Waals surface area contributed by atoms with Gasteiger partial charge in [0.25, 0.3) is 0 Å². The molecule has 0 bridgehead atoms. The average Bonchev–Trinajstić information content (AvgIpc) is 3.21. The van der Waals surface area contributed by atoms with Crippen molar-refractivity contribution in [1.82, 2.24) is 0 Å². The highest BCUT2D eigenvalue weighted by molar-refractivity contribution is 5.67. The molecule has 0 aromatic carbocycles. The fourth-order valence-electron chi connectivity index (χ4n) is 4.11. The fraction of sp³-hybridized carbons (Fsp3) is 0.762. The molecule has 1 aliphatic heterocycles. The van der Waals surface area contributed by atoms with Crippen molar-refractivity contribution in [3.8, 4) is 0 Å². The number of epoxide rings is 1. The number of esters is 3. The summed E-state index contributed by atoms with van der Waals surface area (Å²) in [5, 5.41) is 0. The second-order valence-corrected chi connectivity index (χ2v) is 8.28. The third-order valence-corrected chi connectivity index (χ3v) is 5.44. The lowest BCUT2D eigenvalue weighted by atomic mass is 9.78. The van der Waals surface area contributed by atoms with Crippen LogP contribution in [0.1, 0.15) is 60.8 Å². The Balaban J connectivity index is 2.40. The number of carbonyl (C=O) groups excluding carboxylic acids is 3. The number of rotatable bonds is 5. The predicted octanol–water partition coefficient (Wildman–Crippen LogP) is 2.95. The lowest BCUT2D eigenvalue weighted by Gasteiger charge is -2.36. The highest BCUT2D eigenvalue weighted by atomic mass is 16.6. The molecule has 2 rings (SSSR count). The summed E-state index contributed by atoms with van der Waals surface area (Å²) in [7, 11) is 0. The summed E-state index contributed by atoms with van der Waals surface area (Å²) < 4.78 is 22.6. The molecule has 0 aromatic rings. The minimum atomic E-state index is -0.518. The van der Waals surface area contributed by atoms with Gasteiger partial charge in [-0.15, -0.1) is 0 Å². The second kappa shape index (κ2) is 9.07. The highest BCUT2D eigenvalue weighted by Gasteiger charge is 2.60. The van der Waals surface area contributed by atoms with Crippen molar-refractivity contribution in [3.63, 3.8) is 0 Å². The molecule has 0 unspecified atom stereocenters. The molecule has 0 N–H and O–H groups in total. The maximum atomic E-state index is 11.8. The second-order valence-electron chi connectivity index (χ2n) is 8.28. The minimum Gasteiger partial charge on any atom is -0.462 e. The first-order valence-electron chi connectivity index (χ1n) is 9.87. The van der Waals surface area contributed by atoms with Gasteiger partial charge in [-0.05, 0) is 31.3 Å². The number of ether oxygens (including phenoxy) is 4. The Morgan fingerprint density at radius 1 is 1.14 bits per heavy atom. The van der Waals surface area contributed by atoms with E-state index in [1.54, 1.807) is 0 Å². The zero-order chi connectivity index (χ0) is 21.1. The van der Waals surface area contributed by atoms with Crippen molar-refractivity contribution in [2.24, 2.45) is 11.8 Å². The number of carbonyl (C=O) groups is 3. The number of hydrogen-bond donors (Lipinski definition) is 0. The summed E-state index contributed by atoms with van der Waals surface area (Å²) in [5.74, 6) is -1.34. The van der Waals surface area contributed by atoms with Crippen molar-refractivity contribution in [3.05, 3.63) is 11.6 Å². The van der Waals surface area contributed by atoms with Crippen LogP contribution in [-0.2, 0) is 33.3 Å². The quantitative estimate of drug-likeness (QED) is 0.305. The van der Waals surface area contributed by atoms with E-state index >= 15 is 0 Å². The van der Waals surface area contributed by atoms with Gasteiger partial charge < -0.3 is 18.9 Å². The van der Waals surface area contributed by atoms with Crippen LogP contribution in [0.15, 0.2) is 11.6 Å². The average molecular weight is 396 g/mol. The number of hydrogen-bond acceptors (Lipinski definition) is 7. The molecular formula is C21H32O7. The van der Waals surface area contributed by atoms with E-state index < -0.39 is 23.8 Å². The third kappa shape index (κ3) is 5.80. The van der Waals surface area contributed by atoms with Crippen LogP contribution in [0.2, 0.25) is 0 Å². The van der Waals surface area contributed by atoms with Gasteiger partial charge in [-0.2, -0.15) is 0 Å². The van der Waals surface area contributed by atoms with E-state index in [9.17, 15) is 14.4 Å². The molecule has 7 heteroatoms. The van der Waals surface area contributed by atoms with Gasteiger partial charge >= 0.3 is 17.9 Å². The van der Waals surface area contributed by atoms with E-state index in [2.05, 4.69) is 0 Å². The Bertz CT molecular complexity index is 639. The molecule has 5 atom stereocenters. The lowest BCUT2D eigenvalue weighted by molar-refractivity contribution is -0.163. The molecule has 0 spiro atoms. The number of fused-ring (bicyclic) bond motifs is 1. The summed E-state index contributed by atoms with van der Waals surface area (Å²) in [6.45, 7) is 10.3. The van der Waals surface area contributed by atoms with Gasteiger partial charge in [-0.25, -0.2) is 0 Å². The molecule has 0 amide bonds. The highest BCUT2D eigenvalue weighted by Crippen LogP contribution is 2.48. The first kappa shape index (κ1) is 22.4. The zero-order valence-electron chi connectivity index (χ0n) is 17.7. The van der Waals surface area contributed by atoms with E-state index in [-0.39, 0.29) is 36.5 Å². The Kier molecular flexibility index (Phi) is 7.26. The van der Waals surface area contributed by atoms with Gasteiger partial charge in [-0.1, -0.05) is 19.9 Å². The van der Waals surface area contributed by atoms with Crippen molar-refractivity contribution in [2.75, 3.05) is 6.61 Å². The lowest BCUT2D eigenvalue weighted by Crippen LogP contribution is -2.45. The first-order valence-corrected chi connectivity index (χ1v) is 9.87. The normalized spacial score (nSPS) is 34.5. The van der Waals surface area contributed by atoms with Crippen LogP contribution in [0.5, 0.6) is 0 Å². The van der Waals surface area contributed by atoms with Crippen LogP contribution < -0.4 is 0 Å². The molecule has 0 aromatic heterocycles. The van der Waals surface area contributed by atoms with Crippen LogP contribution in [0, 0.1) is 11.8 Å². The monoisotopic (exact) mass is 396 g/mol. The molecule has 1 fully saturated rings. The molecule has 0 saturated carbocycles. The van der Waals surface area contributed by atoms with Gasteiger partial charge in [0.1, 0.15) is 24.9 Å². The van der Waals surface area contributed by atoms with E-state index in [0.29, 0.717) is 6.42 Å². The van der Waals surface area contributed by atoms with Crippen LogP contribution in [0.4, 0.5) is 0 Å². The van der Waals surface area contributed by atoms with Gasteiger partial charge in [0.2, 0.25) is 0 Å².